The lowest BCUT2D eigenvalue weighted by Gasteiger charge is -2.15. The molecular weight excluding hydrogens is 284 g/mol. The molecule has 1 aromatic heterocycles. The molecule has 3 rings (SSSR count). The van der Waals surface area contributed by atoms with Gasteiger partial charge in [0.2, 0.25) is 0 Å². The minimum absolute atomic E-state index is 0.0239. The quantitative estimate of drug-likeness (QED) is 0.707. The zero-order valence-electron chi connectivity index (χ0n) is 11.9. The number of benzene rings is 2. The first-order valence-electron chi connectivity index (χ1n) is 6.85. The van der Waals surface area contributed by atoms with E-state index >= 15 is 0 Å². The summed E-state index contributed by atoms with van der Waals surface area (Å²) in [7, 11) is 0. The van der Waals surface area contributed by atoms with Gasteiger partial charge in [0.15, 0.2) is 0 Å². The Labute approximate surface area is 127 Å². The molecule has 0 saturated heterocycles. The summed E-state index contributed by atoms with van der Waals surface area (Å²) >= 11 is 6.11. The molecule has 1 heterocycles. The third-order valence-corrected chi connectivity index (χ3v) is 3.69. The molecule has 21 heavy (non-hydrogen) atoms. The molecule has 4 heteroatoms. The molecule has 0 bridgehead atoms. The molecule has 106 valence electrons. The Morgan fingerprint density at radius 1 is 1.10 bits per heavy atom. The van der Waals surface area contributed by atoms with Crippen LogP contribution in [0.3, 0.4) is 0 Å². The lowest BCUT2D eigenvalue weighted by atomic mass is 10.1. The van der Waals surface area contributed by atoms with Gasteiger partial charge in [-0.3, -0.25) is 4.57 Å². The average Bonchev–Trinajstić information content (AvgIpc) is 2.46. The van der Waals surface area contributed by atoms with Crippen LogP contribution < -0.4 is 5.69 Å². The van der Waals surface area contributed by atoms with Gasteiger partial charge in [0.1, 0.15) is 0 Å². The Morgan fingerprint density at radius 3 is 2.48 bits per heavy atom. The average molecular weight is 299 g/mol. The smallest absolute Gasteiger partial charge is 0.289 e. The van der Waals surface area contributed by atoms with Crippen LogP contribution in [0.25, 0.3) is 22.2 Å². The van der Waals surface area contributed by atoms with E-state index in [1.165, 1.54) is 0 Å². The van der Waals surface area contributed by atoms with Gasteiger partial charge in [0.25, 0.3) is 0 Å². The Morgan fingerprint density at radius 2 is 1.81 bits per heavy atom. The number of hydrogen-bond donors (Lipinski definition) is 0. The van der Waals surface area contributed by atoms with Crippen LogP contribution in [0.15, 0.2) is 53.3 Å². The first-order valence-corrected chi connectivity index (χ1v) is 7.23. The van der Waals surface area contributed by atoms with Gasteiger partial charge in [-0.2, -0.15) is 4.98 Å². The van der Waals surface area contributed by atoms with Crippen LogP contribution in [0, 0.1) is 0 Å². The Hall–Kier alpha value is -2.13. The summed E-state index contributed by atoms with van der Waals surface area (Å²) < 4.78 is 1.67. The van der Waals surface area contributed by atoms with E-state index in [0.717, 1.165) is 16.5 Å². The Balaban J connectivity index is 2.44. The molecule has 0 unspecified atom stereocenters. The fraction of sp³-hybridized carbons (Fsp3) is 0.176. The SMILES string of the molecule is CC(C)n1c(=O)nc(-c2ccccc2)c2ccc(Cl)cc21. The third-order valence-electron chi connectivity index (χ3n) is 3.45. The molecule has 3 nitrogen and oxygen atoms in total. The maximum atomic E-state index is 12.4. The van der Waals surface area contributed by atoms with Gasteiger partial charge in [-0.1, -0.05) is 41.9 Å². The van der Waals surface area contributed by atoms with Crippen molar-refractivity contribution in [1.29, 1.82) is 0 Å². The Bertz CT molecular complexity index is 854. The predicted molar refractivity (Wildman–Crippen MR) is 86.8 cm³/mol. The van der Waals surface area contributed by atoms with E-state index in [-0.39, 0.29) is 11.7 Å². The Kier molecular flexibility index (Phi) is 3.52. The van der Waals surface area contributed by atoms with Crippen LogP contribution in [0.2, 0.25) is 5.02 Å². The minimum atomic E-state index is -0.251. The summed E-state index contributed by atoms with van der Waals surface area (Å²) in [6, 6.07) is 15.3. The van der Waals surface area contributed by atoms with Crippen LogP contribution in [-0.4, -0.2) is 9.55 Å². The fourth-order valence-electron chi connectivity index (χ4n) is 2.53. The van der Waals surface area contributed by atoms with Crippen molar-refractivity contribution in [3.63, 3.8) is 0 Å². The molecule has 0 amide bonds. The molecule has 0 N–H and O–H groups in total. The van der Waals surface area contributed by atoms with Gasteiger partial charge in [0.05, 0.1) is 11.2 Å². The van der Waals surface area contributed by atoms with Crippen molar-refractivity contribution in [1.82, 2.24) is 9.55 Å². The van der Waals surface area contributed by atoms with Crippen LogP contribution >= 0.6 is 11.6 Å². The summed E-state index contributed by atoms with van der Waals surface area (Å²) in [6.07, 6.45) is 0. The predicted octanol–water partition coefficient (Wildman–Crippen LogP) is 4.30. The first-order chi connectivity index (χ1) is 10.1. The molecule has 3 aromatic rings. The van der Waals surface area contributed by atoms with Crippen LogP contribution in [0.5, 0.6) is 0 Å². The monoisotopic (exact) mass is 298 g/mol. The van der Waals surface area contributed by atoms with Gasteiger partial charge in [-0.05, 0) is 32.0 Å². The molecule has 0 radical (unpaired) electrons. The second-order valence-corrected chi connectivity index (χ2v) is 5.67. The van der Waals surface area contributed by atoms with Crippen molar-refractivity contribution in [2.45, 2.75) is 19.9 Å². The standard InChI is InChI=1S/C17H15ClN2O/c1-11(2)20-15-10-13(18)8-9-14(15)16(19-17(20)21)12-6-4-3-5-7-12/h3-11H,1-2H3. The highest BCUT2D eigenvalue weighted by atomic mass is 35.5. The molecule has 0 fully saturated rings. The number of halogens is 1. The minimum Gasteiger partial charge on any atom is -0.289 e. The summed E-state index contributed by atoms with van der Waals surface area (Å²) in [6.45, 7) is 3.93. The van der Waals surface area contributed by atoms with Crippen molar-refractivity contribution < 1.29 is 0 Å². The normalized spacial score (nSPS) is 11.2. The molecule has 2 aromatic carbocycles. The summed E-state index contributed by atoms with van der Waals surface area (Å²) in [5, 5.41) is 1.54. The number of rotatable bonds is 2. The first kappa shape index (κ1) is 13.8. The van der Waals surface area contributed by atoms with E-state index < -0.39 is 0 Å². The van der Waals surface area contributed by atoms with Gasteiger partial charge in [0, 0.05) is 22.0 Å². The molecule has 0 aliphatic carbocycles. The van der Waals surface area contributed by atoms with Gasteiger partial charge in [-0.15, -0.1) is 0 Å². The van der Waals surface area contributed by atoms with Gasteiger partial charge in [-0.25, -0.2) is 4.79 Å². The van der Waals surface area contributed by atoms with E-state index in [1.54, 1.807) is 4.57 Å². The second kappa shape index (κ2) is 5.34. The van der Waals surface area contributed by atoms with Crippen LogP contribution in [-0.2, 0) is 0 Å². The van der Waals surface area contributed by atoms with Crippen molar-refractivity contribution in [2.24, 2.45) is 0 Å². The van der Waals surface area contributed by atoms with Crippen molar-refractivity contribution in [3.05, 3.63) is 64.0 Å². The molecule has 0 atom stereocenters. The van der Waals surface area contributed by atoms with Gasteiger partial charge >= 0.3 is 5.69 Å². The van der Waals surface area contributed by atoms with Gasteiger partial charge < -0.3 is 0 Å². The highest BCUT2D eigenvalue weighted by Gasteiger charge is 2.14. The van der Waals surface area contributed by atoms with E-state index in [9.17, 15) is 4.79 Å². The summed E-state index contributed by atoms with van der Waals surface area (Å²) in [5.41, 5.74) is 2.19. The number of nitrogens with zero attached hydrogens (tertiary/aromatic N) is 2. The second-order valence-electron chi connectivity index (χ2n) is 5.23. The maximum Gasteiger partial charge on any atom is 0.348 e. The molecule has 0 aliphatic rings. The number of hydrogen-bond acceptors (Lipinski definition) is 2. The van der Waals surface area contributed by atoms with Crippen molar-refractivity contribution >= 4 is 22.5 Å². The lowest BCUT2D eigenvalue weighted by Crippen LogP contribution is -2.25. The van der Waals surface area contributed by atoms with Crippen LogP contribution in [0.4, 0.5) is 0 Å². The third kappa shape index (κ3) is 2.45. The van der Waals surface area contributed by atoms with Crippen LogP contribution in [0.1, 0.15) is 19.9 Å². The van der Waals surface area contributed by atoms with Crippen molar-refractivity contribution in [3.8, 4) is 11.3 Å². The largest absolute Gasteiger partial charge is 0.348 e. The zero-order valence-corrected chi connectivity index (χ0v) is 12.6. The fourth-order valence-corrected chi connectivity index (χ4v) is 2.70. The topological polar surface area (TPSA) is 34.9 Å². The lowest BCUT2D eigenvalue weighted by molar-refractivity contribution is 0.587. The van der Waals surface area contributed by atoms with E-state index in [0.29, 0.717) is 10.7 Å². The molecular formula is C17H15ClN2O. The van der Waals surface area contributed by atoms with E-state index in [1.807, 2.05) is 62.4 Å². The summed E-state index contributed by atoms with van der Waals surface area (Å²) in [5.74, 6) is 0. The number of aromatic nitrogens is 2. The highest BCUT2D eigenvalue weighted by Crippen LogP contribution is 2.28. The zero-order chi connectivity index (χ0) is 15.0. The number of fused-ring (bicyclic) bond motifs is 1. The summed E-state index contributed by atoms with van der Waals surface area (Å²) in [4.78, 5) is 16.7. The highest BCUT2D eigenvalue weighted by molar-refractivity contribution is 6.31. The van der Waals surface area contributed by atoms with Crippen molar-refractivity contribution in [2.75, 3.05) is 0 Å². The van der Waals surface area contributed by atoms with E-state index in [2.05, 4.69) is 4.98 Å². The molecule has 0 saturated carbocycles. The van der Waals surface area contributed by atoms with E-state index in [4.69, 9.17) is 11.6 Å². The maximum absolute atomic E-state index is 12.4. The molecule has 0 spiro atoms. The molecule has 0 aliphatic heterocycles.